The van der Waals surface area contributed by atoms with Gasteiger partial charge in [-0.15, -0.1) is 0 Å². The van der Waals surface area contributed by atoms with Gasteiger partial charge >= 0.3 is 6.09 Å². The molecule has 0 heterocycles. The summed E-state index contributed by atoms with van der Waals surface area (Å²) in [6.07, 6.45) is 0.904. The Morgan fingerprint density at radius 1 is 1.44 bits per heavy atom. The van der Waals surface area contributed by atoms with Gasteiger partial charge in [0.2, 0.25) is 0 Å². The van der Waals surface area contributed by atoms with Crippen LogP contribution in [-0.4, -0.2) is 12.6 Å². The highest BCUT2D eigenvalue weighted by Gasteiger charge is 2.32. The summed E-state index contributed by atoms with van der Waals surface area (Å²) in [7, 11) is 0. The molecule has 1 aliphatic rings. The molecule has 3 nitrogen and oxygen atoms in total. The number of nitrogens with one attached hydrogen (secondary N) is 1. The van der Waals surface area contributed by atoms with Gasteiger partial charge in [-0.05, 0) is 23.8 Å². The van der Waals surface area contributed by atoms with Crippen molar-refractivity contribution in [2.75, 3.05) is 6.54 Å². The normalized spacial score (nSPS) is 22.6. The van der Waals surface area contributed by atoms with E-state index in [0.29, 0.717) is 12.5 Å². The van der Waals surface area contributed by atoms with Crippen LogP contribution in [0.25, 0.3) is 0 Å². The molecule has 2 atom stereocenters. The summed E-state index contributed by atoms with van der Waals surface area (Å²) in [6.45, 7) is 3.28. The van der Waals surface area contributed by atoms with Crippen LogP contribution in [0.4, 0.5) is 4.79 Å². The number of hydrogen-bond acceptors (Lipinski definition) is 2. The van der Waals surface area contributed by atoms with Crippen LogP contribution in [0.15, 0.2) is 30.3 Å². The number of hydrogen-bond donors (Lipinski definition) is 1. The Kier molecular flexibility index (Phi) is 3.44. The number of alkyl carbamates (subject to hydrolysis) is 1. The summed E-state index contributed by atoms with van der Waals surface area (Å²) in [5, 5.41) is 2.78. The van der Waals surface area contributed by atoms with Crippen LogP contribution >= 0.6 is 0 Å². The monoisotopic (exact) mass is 219 g/mol. The van der Waals surface area contributed by atoms with Crippen molar-refractivity contribution in [2.45, 2.75) is 20.0 Å². The van der Waals surface area contributed by atoms with Crippen molar-refractivity contribution in [3.8, 4) is 0 Å². The van der Waals surface area contributed by atoms with Crippen molar-refractivity contribution in [3.05, 3.63) is 35.9 Å². The maximum atomic E-state index is 11.3. The average Bonchev–Trinajstić information content (AvgIpc) is 3.01. The summed E-state index contributed by atoms with van der Waals surface area (Å²) >= 11 is 0. The molecule has 16 heavy (non-hydrogen) atoms. The topological polar surface area (TPSA) is 38.3 Å². The molecule has 3 heteroatoms. The largest absolute Gasteiger partial charge is 0.445 e. The zero-order valence-corrected chi connectivity index (χ0v) is 9.48. The molecule has 0 aromatic heterocycles. The first-order chi connectivity index (χ1) is 7.75. The van der Waals surface area contributed by atoms with Gasteiger partial charge < -0.3 is 10.1 Å². The lowest BCUT2D eigenvalue weighted by molar-refractivity contribution is 0.139. The first kappa shape index (κ1) is 11.0. The highest BCUT2D eigenvalue weighted by atomic mass is 16.5. The van der Waals surface area contributed by atoms with E-state index in [9.17, 15) is 4.79 Å². The zero-order chi connectivity index (χ0) is 11.4. The first-order valence-corrected chi connectivity index (χ1v) is 5.70. The van der Waals surface area contributed by atoms with Crippen LogP contribution in [0.1, 0.15) is 18.9 Å². The fraction of sp³-hybridized carbons (Fsp3) is 0.462. The number of ether oxygens (including phenoxy) is 1. The second kappa shape index (κ2) is 5.01. The highest BCUT2D eigenvalue weighted by Crippen LogP contribution is 2.36. The van der Waals surface area contributed by atoms with E-state index in [1.165, 1.54) is 6.42 Å². The molecule has 86 valence electrons. The lowest BCUT2D eigenvalue weighted by Crippen LogP contribution is -2.26. The van der Waals surface area contributed by atoms with Crippen molar-refractivity contribution in [2.24, 2.45) is 11.8 Å². The first-order valence-electron chi connectivity index (χ1n) is 5.70. The van der Waals surface area contributed by atoms with Crippen LogP contribution in [0, 0.1) is 11.8 Å². The minimum atomic E-state index is -0.317. The molecule has 0 aliphatic heterocycles. The third-order valence-electron chi connectivity index (χ3n) is 3.00. The Hall–Kier alpha value is -1.51. The van der Waals surface area contributed by atoms with E-state index in [0.717, 1.165) is 18.0 Å². The maximum absolute atomic E-state index is 11.3. The fourth-order valence-corrected chi connectivity index (χ4v) is 1.67. The summed E-state index contributed by atoms with van der Waals surface area (Å²) < 4.78 is 5.09. The predicted octanol–water partition coefficient (Wildman–Crippen LogP) is 2.57. The second-order valence-corrected chi connectivity index (χ2v) is 4.42. The van der Waals surface area contributed by atoms with Crippen molar-refractivity contribution in [1.29, 1.82) is 0 Å². The highest BCUT2D eigenvalue weighted by molar-refractivity contribution is 5.67. The molecular formula is C13H17NO2. The lowest BCUT2D eigenvalue weighted by Gasteiger charge is -2.06. The molecule has 0 radical (unpaired) electrons. The molecule has 2 rings (SSSR count). The summed E-state index contributed by atoms with van der Waals surface area (Å²) in [5.74, 6) is 1.42. The smallest absolute Gasteiger partial charge is 0.407 e. The van der Waals surface area contributed by atoms with Gasteiger partial charge in [0.15, 0.2) is 0 Å². The van der Waals surface area contributed by atoms with E-state index in [-0.39, 0.29) is 6.09 Å². The zero-order valence-electron chi connectivity index (χ0n) is 9.48. The van der Waals surface area contributed by atoms with E-state index in [2.05, 4.69) is 12.2 Å². The van der Waals surface area contributed by atoms with Crippen molar-refractivity contribution < 1.29 is 9.53 Å². The third kappa shape index (κ3) is 3.26. The molecule has 0 bridgehead atoms. The maximum Gasteiger partial charge on any atom is 0.407 e. The van der Waals surface area contributed by atoms with E-state index in [1.807, 2.05) is 30.3 Å². The van der Waals surface area contributed by atoms with Crippen molar-refractivity contribution in [1.82, 2.24) is 5.32 Å². The molecule has 1 saturated carbocycles. The van der Waals surface area contributed by atoms with Gasteiger partial charge in [0.25, 0.3) is 0 Å². The molecule has 1 aliphatic carbocycles. The Labute approximate surface area is 95.8 Å². The van der Waals surface area contributed by atoms with Crippen molar-refractivity contribution >= 4 is 6.09 Å². The Morgan fingerprint density at radius 3 is 2.75 bits per heavy atom. The predicted molar refractivity (Wildman–Crippen MR) is 61.9 cm³/mol. The number of carbonyl (C=O) groups is 1. The van der Waals surface area contributed by atoms with Gasteiger partial charge in [-0.2, -0.15) is 0 Å². The Balaban J connectivity index is 1.64. The molecule has 1 fully saturated rings. The summed E-state index contributed by atoms with van der Waals surface area (Å²) in [4.78, 5) is 11.3. The average molecular weight is 219 g/mol. The van der Waals surface area contributed by atoms with Crippen LogP contribution in [-0.2, 0) is 11.3 Å². The SMILES string of the molecule is C[C@H]1CC1CNC(=O)OCc1ccccc1. The van der Waals surface area contributed by atoms with Crippen LogP contribution in [0.2, 0.25) is 0 Å². The van der Waals surface area contributed by atoms with Gasteiger partial charge in [-0.1, -0.05) is 37.3 Å². The van der Waals surface area contributed by atoms with Crippen LogP contribution in [0.5, 0.6) is 0 Å². The Bertz CT molecular complexity index is 350. The van der Waals surface area contributed by atoms with Gasteiger partial charge in [0.05, 0.1) is 0 Å². The van der Waals surface area contributed by atoms with E-state index in [4.69, 9.17) is 4.74 Å². The number of rotatable bonds is 4. The fourth-order valence-electron chi connectivity index (χ4n) is 1.67. The molecule has 0 spiro atoms. The van der Waals surface area contributed by atoms with Gasteiger partial charge in [-0.3, -0.25) is 0 Å². The minimum Gasteiger partial charge on any atom is -0.445 e. The lowest BCUT2D eigenvalue weighted by atomic mass is 10.2. The van der Waals surface area contributed by atoms with Gasteiger partial charge in [0, 0.05) is 6.54 Å². The summed E-state index contributed by atoms with van der Waals surface area (Å²) in [5.41, 5.74) is 1.01. The van der Waals surface area contributed by atoms with E-state index < -0.39 is 0 Å². The Morgan fingerprint density at radius 2 is 2.12 bits per heavy atom. The second-order valence-electron chi connectivity index (χ2n) is 4.42. The molecule has 1 unspecified atom stereocenters. The molecule has 1 amide bonds. The van der Waals surface area contributed by atoms with Crippen molar-refractivity contribution in [3.63, 3.8) is 0 Å². The number of carbonyl (C=O) groups excluding carboxylic acids is 1. The van der Waals surface area contributed by atoms with E-state index >= 15 is 0 Å². The molecule has 1 N–H and O–H groups in total. The molecule has 1 aromatic carbocycles. The molecule has 0 saturated heterocycles. The molecule has 1 aromatic rings. The standard InChI is InChI=1S/C13H17NO2/c1-10-7-12(10)8-14-13(15)16-9-11-5-3-2-4-6-11/h2-6,10,12H,7-9H2,1H3,(H,14,15)/t10-,12?/m0/s1. The summed E-state index contributed by atoms with van der Waals surface area (Å²) in [6, 6.07) is 9.69. The number of amides is 1. The van der Waals surface area contributed by atoms with Crippen LogP contribution in [0.3, 0.4) is 0 Å². The molecular weight excluding hydrogens is 202 g/mol. The minimum absolute atomic E-state index is 0.317. The quantitative estimate of drug-likeness (QED) is 0.845. The van der Waals surface area contributed by atoms with E-state index in [1.54, 1.807) is 0 Å². The van der Waals surface area contributed by atoms with Gasteiger partial charge in [-0.25, -0.2) is 4.79 Å². The third-order valence-corrected chi connectivity index (χ3v) is 3.00. The number of benzene rings is 1. The van der Waals surface area contributed by atoms with Crippen LogP contribution < -0.4 is 5.32 Å². The van der Waals surface area contributed by atoms with Gasteiger partial charge in [0.1, 0.15) is 6.61 Å².